The van der Waals surface area contributed by atoms with Crippen LogP contribution in [0.2, 0.25) is 0 Å². The van der Waals surface area contributed by atoms with E-state index >= 15 is 0 Å². The molecular weight excluding hydrogens is 434 g/mol. The molecule has 4 rings (SSSR count). The number of rotatable bonds is 7. The van der Waals surface area contributed by atoms with Crippen LogP contribution in [-0.4, -0.2) is 49.4 Å². The molecule has 2 heterocycles. The first-order valence-corrected chi connectivity index (χ1v) is 12.4. The van der Waals surface area contributed by atoms with E-state index in [4.69, 9.17) is 4.74 Å². The summed E-state index contributed by atoms with van der Waals surface area (Å²) in [6, 6.07) is 17.4. The van der Waals surface area contributed by atoms with Crippen molar-refractivity contribution in [2.24, 2.45) is 0 Å². The molecule has 0 saturated carbocycles. The van der Waals surface area contributed by atoms with Gasteiger partial charge in [0.1, 0.15) is 0 Å². The molecule has 172 valence electrons. The number of urea groups is 1. The number of hydrogen-bond acceptors (Lipinski definition) is 5. The maximum absolute atomic E-state index is 13.0. The van der Waals surface area contributed by atoms with Crippen LogP contribution < -0.4 is 10.6 Å². The van der Waals surface area contributed by atoms with Crippen molar-refractivity contribution < 1.29 is 14.3 Å². The molecule has 0 radical (unpaired) electrons. The van der Waals surface area contributed by atoms with Gasteiger partial charge in [-0.3, -0.25) is 4.90 Å². The molecule has 0 aliphatic carbocycles. The first kappa shape index (κ1) is 23.1. The minimum absolute atomic E-state index is 0.272. The molecule has 2 aliphatic heterocycles. The van der Waals surface area contributed by atoms with E-state index in [1.165, 1.54) is 11.1 Å². The zero-order valence-electron chi connectivity index (χ0n) is 19.0. The van der Waals surface area contributed by atoms with Gasteiger partial charge >= 0.3 is 12.0 Å². The van der Waals surface area contributed by atoms with E-state index in [0.29, 0.717) is 17.8 Å². The topological polar surface area (TPSA) is 70.7 Å². The molecule has 0 fully saturated rings. The highest BCUT2D eigenvalue weighted by molar-refractivity contribution is 7.98. The van der Waals surface area contributed by atoms with E-state index in [2.05, 4.69) is 45.9 Å². The third-order valence-corrected chi connectivity index (χ3v) is 6.66. The molecule has 2 aliphatic rings. The molecule has 2 aromatic carbocycles. The highest BCUT2D eigenvalue weighted by atomic mass is 32.2. The normalized spacial score (nSPS) is 18.9. The molecule has 2 aromatic rings. The number of benzene rings is 2. The lowest BCUT2D eigenvalue weighted by Crippen LogP contribution is -2.48. The fourth-order valence-electron chi connectivity index (χ4n) is 4.23. The number of carbonyl (C=O) groups is 2. The number of thioether (sulfide) groups is 1. The highest BCUT2D eigenvalue weighted by Crippen LogP contribution is 2.30. The monoisotopic (exact) mass is 463 g/mol. The summed E-state index contributed by atoms with van der Waals surface area (Å²) in [7, 11) is 0. The van der Waals surface area contributed by atoms with Gasteiger partial charge in [-0.25, -0.2) is 9.59 Å². The Labute approximate surface area is 199 Å². The number of nitrogens with one attached hydrogen (secondary N) is 2. The summed E-state index contributed by atoms with van der Waals surface area (Å²) in [6.07, 6.45) is 5.16. The van der Waals surface area contributed by atoms with Crippen molar-refractivity contribution in [1.82, 2.24) is 15.5 Å². The van der Waals surface area contributed by atoms with Crippen molar-refractivity contribution >= 4 is 29.3 Å². The Morgan fingerprint density at radius 1 is 1.15 bits per heavy atom. The van der Waals surface area contributed by atoms with E-state index in [0.717, 1.165) is 30.0 Å². The number of ether oxygens (including phenoxy) is 1. The minimum atomic E-state index is -0.552. The average molecular weight is 464 g/mol. The lowest BCUT2D eigenvalue weighted by Gasteiger charge is -2.33. The predicted molar refractivity (Wildman–Crippen MR) is 132 cm³/mol. The first-order valence-electron chi connectivity index (χ1n) is 11.2. The van der Waals surface area contributed by atoms with Crippen molar-refractivity contribution in [3.63, 3.8) is 0 Å². The number of amides is 2. The summed E-state index contributed by atoms with van der Waals surface area (Å²) in [6.45, 7) is 4.13. The molecule has 0 saturated heterocycles. The third kappa shape index (κ3) is 5.49. The number of hydrogen-bond donors (Lipinski definition) is 2. The van der Waals surface area contributed by atoms with Crippen LogP contribution in [0.1, 0.15) is 30.5 Å². The van der Waals surface area contributed by atoms with Gasteiger partial charge in [0.2, 0.25) is 0 Å². The smallest absolute Gasteiger partial charge is 0.338 e. The largest absolute Gasteiger partial charge is 0.463 e. The molecule has 6 nitrogen and oxygen atoms in total. The van der Waals surface area contributed by atoms with Gasteiger partial charge in [-0.1, -0.05) is 48.5 Å². The Kier molecular flexibility index (Phi) is 7.52. The van der Waals surface area contributed by atoms with Gasteiger partial charge in [0, 0.05) is 30.2 Å². The molecule has 2 amide bonds. The second kappa shape index (κ2) is 10.7. The lowest BCUT2D eigenvalue weighted by molar-refractivity contribution is -0.139. The van der Waals surface area contributed by atoms with Gasteiger partial charge < -0.3 is 15.4 Å². The van der Waals surface area contributed by atoms with Crippen LogP contribution in [0.3, 0.4) is 0 Å². The molecule has 0 unspecified atom stereocenters. The second-order valence-electron chi connectivity index (χ2n) is 8.00. The Morgan fingerprint density at radius 2 is 1.91 bits per heavy atom. The number of esters is 1. The van der Waals surface area contributed by atoms with Crippen LogP contribution in [0.5, 0.6) is 0 Å². The average Bonchev–Trinajstić information content (AvgIpc) is 2.85. The summed E-state index contributed by atoms with van der Waals surface area (Å²) < 4.78 is 5.38. The van der Waals surface area contributed by atoms with E-state index in [-0.39, 0.29) is 12.6 Å². The molecule has 0 spiro atoms. The van der Waals surface area contributed by atoms with Gasteiger partial charge in [0.15, 0.2) is 0 Å². The Balaban J connectivity index is 1.60. The molecule has 7 heteroatoms. The summed E-state index contributed by atoms with van der Waals surface area (Å²) in [5.41, 5.74) is 4.49. The summed E-state index contributed by atoms with van der Waals surface area (Å²) in [5.74, 6) is -0.406. The van der Waals surface area contributed by atoms with Crippen molar-refractivity contribution in [3.05, 3.63) is 83.1 Å². The van der Waals surface area contributed by atoms with E-state index < -0.39 is 12.0 Å². The molecule has 1 atom stereocenters. The number of nitrogens with zero attached hydrogens (tertiary/aromatic N) is 1. The van der Waals surface area contributed by atoms with Crippen molar-refractivity contribution in [2.45, 2.75) is 24.3 Å². The van der Waals surface area contributed by atoms with Crippen LogP contribution >= 0.6 is 11.8 Å². The SMILES string of the molecule is CCOC(=O)C1=C(CN2CC=C(c3ccccc3)CC2)NC(=O)N[C@@H]1c1ccc(SC)cc1. The minimum Gasteiger partial charge on any atom is -0.463 e. The molecule has 0 bridgehead atoms. The summed E-state index contributed by atoms with van der Waals surface area (Å²) in [5, 5.41) is 5.79. The molecule has 33 heavy (non-hydrogen) atoms. The van der Waals surface area contributed by atoms with Crippen molar-refractivity contribution in [1.29, 1.82) is 0 Å². The summed E-state index contributed by atoms with van der Waals surface area (Å²) in [4.78, 5) is 28.9. The molecular formula is C26H29N3O3S. The van der Waals surface area contributed by atoms with Crippen LogP contribution in [0.25, 0.3) is 5.57 Å². The van der Waals surface area contributed by atoms with Crippen LogP contribution in [-0.2, 0) is 9.53 Å². The Morgan fingerprint density at radius 3 is 2.55 bits per heavy atom. The fourth-order valence-corrected chi connectivity index (χ4v) is 4.64. The van der Waals surface area contributed by atoms with Crippen LogP contribution in [0.15, 0.2) is 76.8 Å². The maximum atomic E-state index is 13.0. The van der Waals surface area contributed by atoms with Gasteiger partial charge in [0.05, 0.1) is 18.2 Å². The highest BCUT2D eigenvalue weighted by Gasteiger charge is 2.34. The van der Waals surface area contributed by atoms with Crippen LogP contribution in [0, 0.1) is 0 Å². The summed E-state index contributed by atoms with van der Waals surface area (Å²) >= 11 is 1.65. The lowest BCUT2D eigenvalue weighted by atomic mass is 9.94. The van der Waals surface area contributed by atoms with Gasteiger partial charge in [-0.15, -0.1) is 11.8 Å². The maximum Gasteiger partial charge on any atom is 0.338 e. The van der Waals surface area contributed by atoms with Gasteiger partial charge in [0.25, 0.3) is 0 Å². The first-order chi connectivity index (χ1) is 16.1. The zero-order chi connectivity index (χ0) is 23.2. The Bertz CT molecular complexity index is 1060. The van der Waals surface area contributed by atoms with Gasteiger partial charge in [-0.2, -0.15) is 0 Å². The Hall–Kier alpha value is -3.03. The second-order valence-corrected chi connectivity index (χ2v) is 8.88. The fraction of sp³-hybridized carbons (Fsp3) is 0.308. The van der Waals surface area contributed by atoms with Crippen molar-refractivity contribution in [3.8, 4) is 0 Å². The standard InChI is InChI=1S/C26H29N3O3S/c1-3-32-25(30)23-22(17-29-15-13-19(14-16-29)18-7-5-4-6-8-18)27-26(31)28-24(23)20-9-11-21(33-2)12-10-20/h4-13,24H,3,14-17H2,1-2H3,(H2,27,28,31)/t24-/m1/s1. The van der Waals surface area contributed by atoms with E-state index in [1.54, 1.807) is 18.7 Å². The predicted octanol–water partition coefficient (Wildman–Crippen LogP) is 4.37. The van der Waals surface area contributed by atoms with E-state index in [1.807, 2.05) is 36.6 Å². The van der Waals surface area contributed by atoms with Crippen LogP contribution in [0.4, 0.5) is 4.79 Å². The third-order valence-electron chi connectivity index (χ3n) is 5.92. The molecule has 0 aromatic heterocycles. The molecule has 2 N–H and O–H groups in total. The van der Waals surface area contributed by atoms with Gasteiger partial charge in [-0.05, 0) is 48.4 Å². The van der Waals surface area contributed by atoms with Crippen molar-refractivity contribution in [2.75, 3.05) is 32.5 Å². The number of carbonyl (C=O) groups excluding carboxylic acids is 2. The van der Waals surface area contributed by atoms with E-state index in [9.17, 15) is 9.59 Å². The quantitative estimate of drug-likeness (QED) is 0.471. The zero-order valence-corrected chi connectivity index (χ0v) is 19.8.